The van der Waals surface area contributed by atoms with Gasteiger partial charge in [-0.1, -0.05) is 31.9 Å². The summed E-state index contributed by atoms with van der Waals surface area (Å²) in [4.78, 5) is 11.4. The molecule has 1 N–H and O–H groups in total. The summed E-state index contributed by atoms with van der Waals surface area (Å²) in [6, 6.07) is 7.27. The van der Waals surface area contributed by atoms with Crippen molar-refractivity contribution < 1.29 is 4.79 Å². The van der Waals surface area contributed by atoms with E-state index in [1.165, 1.54) is 0 Å². The quantitative estimate of drug-likeness (QED) is 0.855. The molecule has 1 rings (SSSR count). The molecule has 0 heterocycles. The van der Waals surface area contributed by atoms with Gasteiger partial charge in [0.25, 0.3) is 5.91 Å². The molecule has 0 aliphatic heterocycles. The first kappa shape index (κ1) is 10.7. The number of benzene rings is 1. The van der Waals surface area contributed by atoms with Crippen LogP contribution >= 0.6 is 31.9 Å². The smallest absolute Gasteiger partial charge is 0.251 e. The number of alkyl halides is 1. The van der Waals surface area contributed by atoms with Crippen LogP contribution in [-0.2, 0) is 0 Å². The molecule has 1 amide bonds. The lowest BCUT2D eigenvalue weighted by atomic mass is 10.2. The Morgan fingerprint density at radius 1 is 1.31 bits per heavy atom. The molecule has 1 aromatic rings. The first-order valence-electron chi connectivity index (χ1n) is 3.84. The fourth-order valence-corrected chi connectivity index (χ4v) is 1.33. The number of carbonyl (C=O) groups is 1. The van der Waals surface area contributed by atoms with Gasteiger partial charge in [-0.25, -0.2) is 0 Å². The molecule has 0 fully saturated rings. The van der Waals surface area contributed by atoms with Gasteiger partial charge in [-0.15, -0.1) is 0 Å². The predicted molar refractivity (Wildman–Crippen MR) is 60.3 cm³/mol. The fourth-order valence-electron chi connectivity index (χ4n) is 0.864. The van der Waals surface area contributed by atoms with Crippen LogP contribution in [-0.4, -0.2) is 17.8 Å². The lowest BCUT2D eigenvalue weighted by Gasteiger charge is -2.02. The highest BCUT2D eigenvalue weighted by Crippen LogP contribution is 2.10. The molecule has 0 aromatic heterocycles. The number of hydrogen-bond donors (Lipinski definition) is 1. The first-order valence-corrected chi connectivity index (χ1v) is 5.75. The minimum Gasteiger partial charge on any atom is -0.351 e. The minimum absolute atomic E-state index is 0.0352. The van der Waals surface area contributed by atoms with Crippen molar-refractivity contribution in [1.82, 2.24) is 5.32 Å². The molecule has 0 radical (unpaired) electrons. The average molecular weight is 307 g/mol. The fraction of sp³-hybridized carbons (Fsp3) is 0.222. The first-order chi connectivity index (χ1) is 6.24. The number of hydrogen-bond acceptors (Lipinski definition) is 1. The zero-order chi connectivity index (χ0) is 9.68. The molecule has 0 saturated carbocycles. The van der Waals surface area contributed by atoms with E-state index in [1.807, 2.05) is 12.1 Å². The van der Waals surface area contributed by atoms with Gasteiger partial charge in [-0.2, -0.15) is 0 Å². The van der Waals surface area contributed by atoms with E-state index in [2.05, 4.69) is 37.2 Å². The zero-order valence-electron chi connectivity index (χ0n) is 6.89. The number of carbonyl (C=O) groups excluding carboxylic acids is 1. The van der Waals surface area contributed by atoms with Gasteiger partial charge in [0.1, 0.15) is 0 Å². The molecule has 0 aliphatic carbocycles. The van der Waals surface area contributed by atoms with Crippen molar-refractivity contribution in [3.05, 3.63) is 34.3 Å². The van der Waals surface area contributed by atoms with Gasteiger partial charge >= 0.3 is 0 Å². The Labute approximate surface area is 94.0 Å². The summed E-state index contributed by atoms with van der Waals surface area (Å²) in [6.45, 7) is 0.648. The van der Waals surface area contributed by atoms with E-state index in [9.17, 15) is 4.79 Å². The summed E-state index contributed by atoms with van der Waals surface area (Å²) in [7, 11) is 0. The van der Waals surface area contributed by atoms with Crippen molar-refractivity contribution in [3.63, 3.8) is 0 Å². The monoisotopic (exact) mass is 305 g/mol. The second-order valence-electron chi connectivity index (χ2n) is 2.45. The van der Waals surface area contributed by atoms with E-state index in [4.69, 9.17) is 0 Å². The van der Waals surface area contributed by atoms with E-state index in [1.54, 1.807) is 12.1 Å². The maximum Gasteiger partial charge on any atom is 0.251 e. The van der Waals surface area contributed by atoms with Gasteiger partial charge in [0, 0.05) is 21.9 Å². The highest BCUT2D eigenvalue weighted by Gasteiger charge is 2.02. The van der Waals surface area contributed by atoms with Gasteiger partial charge in [-0.3, -0.25) is 4.79 Å². The Morgan fingerprint density at radius 2 is 1.92 bits per heavy atom. The third kappa shape index (κ3) is 3.48. The summed E-state index contributed by atoms with van der Waals surface area (Å²) in [6.07, 6.45) is 0. The molecule has 0 unspecified atom stereocenters. The summed E-state index contributed by atoms with van der Waals surface area (Å²) in [5.41, 5.74) is 0.684. The molecule has 70 valence electrons. The molecule has 0 aliphatic rings. The summed E-state index contributed by atoms with van der Waals surface area (Å²) in [5, 5.41) is 3.54. The predicted octanol–water partition coefficient (Wildman–Crippen LogP) is 2.57. The Kier molecular flexibility index (Phi) is 4.45. The maximum absolute atomic E-state index is 11.4. The normalized spacial score (nSPS) is 9.69. The highest BCUT2D eigenvalue weighted by molar-refractivity contribution is 9.10. The highest BCUT2D eigenvalue weighted by atomic mass is 79.9. The van der Waals surface area contributed by atoms with Crippen LogP contribution in [0.2, 0.25) is 0 Å². The molecule has 1 aromatic carbocycles. The molecule has 4 heteroatoms. The largest absolute Gasteiger partial charge is 0.351 e. The second-order valence-corrected chi connectivity index (χ2v) is 4.16. The Morgan fingerprint density at radius 3 is 2.46 bits per heavy atom. The van der Waals surface area contributed by atoms with E-state index < -0.39 is 0 Å². The van der Waals surface area contributed by atoms with E-state index >= 15 is 0 Å². The zero-order valence-corrected chi connectivity index (χ0v) is 10.1. The van der Waals surface area contributed by atoms with Crippen LogP contribution in [0.5, 0.6) is 0 Å². The number of amides is 1. The van der Waals surface area contributed by atoms with E-state index in [0.717, 1.165) is 9.80 Å². The van der Waals surface area contributed by atoms with Crippen molar-refractivity contribution >= 4 is 37.8 Å². The number of halogens is 2. The van der Waals surface area contributed by atoms with Gasteiger partial charge in [-0.05, 0) is 24.3 Å². The summed E-state index contributed by atoms with van der Waals surface area (Å²) in [5.74, 6) is -0.0352. The standard InChI is InChI=1S/C9H9Br2NO/c10-5-6-12-9(13)7-1-3-8(11)4-2-7/h1-4H,5-6H2,(H,12,13). The third-order valence-corrected chi connectivity index (χ3v) is 2.41. The molecule has 2 nitrogen and oxygen atoms in total. The maximum atomic E-state index is 11.4. The summed E-state index contributed by atoms with van der Waals surface area (Å²) >= 11 is 6.55. The minimum atomic E-state index is -0.0352. The van der Waals surface area contributed by atoms with E-state index in [-0.39, 0.29) is 5.91 Å². The lowest BCUT2D eigenvalue weighted by Crippen LogP contribution is -2.24. The average Bonchev–Trinajstić information content (AvgIpc) is 2.15. The van der Waals surface area contributed by atoms with Crippen LogP contribution in [0.3, 0.4) is 0 Å². The summed E-state index contributed by atoms with van der Waals surface area (Å²) < 4.78 is 0.976. The molecule has 0 bridgehead atoms. The van der Waals surface area contributed by atoms with Crippen LogP contribution in [0.25, 0.3) is 0 Å². The van der Waals surface area contributed by atoms with Crippen LogP contribution < -0.4 is 5.32 Å². The molecular formula is C9H9Br2NO. The van der Waals surface area contributed by atoms with Crippen LogP contribution in [0.1, 0.15) is 10.4 Å². The SMILES string of the molecule is O=C(NCCBr)c1ccc(Br)cc1. The van der Waals surface area contributed by atoms with Crippen LogP contribution in [0.4, 0.5) is 0 Å². The van der Waals surface area contributed by atoms with Crippen molar-refractivity contribution in [2.24, 2.45) is 0 Å². The van der Waals surface area contributed by atoms with Gasteiger partial charge in [0.05, 0.1) is 0 Å². The number of nitrogens with one attached hydrogen (secondary N) is 1. The molecule has 13 heavy (non-hydrogen) atoms. The number of rotatable bonds is 3. The van der Waals surface area contributed by atoms with Gasteiger partial charge < -0.3 is 5.32 Å². The van der Waals surface area contributed by atoms with Crippen LogP contribution in [0, 0.1) is 0 Å². The van der Waals surface area contributed by atoms with Crippen molar-refractivity contribution in [2.75, 3.05) is 11.9 Å². The third-order valence-electron chi connectivity index (χ3n) is 1.49. The molecular weight excluding hydrogens is 298 g/mol. The second kappa shape index (κ2) is 5.40. The Balaban J connectivity index is 2.61. The van der Waals surface area contributed by atoms with Crippen LogP contribution in [0.15, 0.2) is 28.7 Å². The Hall–Kier alpha value is -0.350. The van der Waals surface area contributed by atoms with Crippen molar-refractivity contribution in [1.29, 1.82) is 0 Å². The topological polar surface area (TPSA) is 29.1 Å². The van der Waals surface area contributed by atoms with Gasteiger partial charge in [0.2, 0.25) is 0 Å². The van der Waals surface area contributed by atoms with E-state index in [0.29, 0.717) is 12.1 Å². The Bertz CT molecular complexity index is 284. The van der Waals surface area contributed by atoms with Crippen molar-refractivity contribution in [2.45, 2.75) is 0 Å². The molecule has 0 saturated heterocycles. The lowest BCUT2D eigenvalue weighted by molar-refractivity contribution is 0.0956. The van der Waals surface area contributed by atoms with Gasteiger partial charge in [0.15, 0.2) is 0 Å². The molecule has 0 spiro atoms. The molecule has 0 atom stereocenters. The van der Waals surface area contributed by atoms with Crippen molar-refractivity contribution in [3.8, 4) is 0 Å².